The first-order chi connectivity index (χ1) is 8.18. The van der Waals surface area contributed by atoms with E-state index < -0.39 is 12.2 Å². The average molecular weight is 238 g/mol. The van der Waals surface area contributed by atoms with E-state index in [0.717, 1.165) is 12.0 Å². The lowest BCUT2D eigenvalue weighted by Gasteiger charge is -2.12. The van der Waals surface area contributed by atoms with Crippen LogP contribution in [0.4, 0.5) is 0 Å². The minimum Gasteiger partial charge on any atom is -0.393 e. The van der Waals surface area contributed by atoms with Crippen LogP contribution in [0.15, 0.2) is 30.3 Å². The Balaban J connectivity index is 2.01. The molecule has 0 saturated carbocycles. The van der Waals surface area contributed by atoms with E-state index in [2.05, 4.69) is 0 Å². The maximum Gasteiger partial charge on any atom is 0.0716 e. The largest absolute Gasteiger partial charge is 0.393 e. The third-order valence-corrected chi connectivity index (χ3v) is 2.55. The zero-order valence-corrected chi connectivity index (χ0v) is 10.4. The average Bonchev–Trinajstić information content (AvgIpc) is 2.29. The van der Waals surface area contributed by atoms with Crippen molar-refractivity contribution >= 4 is 0 Å². The fraction of sp³-hybridized carbons (Fsp3) is 0.571. The van der Waals surface area contributed by atoms with E-state index in [1.54, 1.807) is 6.92 Å². The summed E-state index contributed by atoms with van der Waals surface area (Å²) in [5, 5.41) is 18.6. The lowest BCUT2D eigenvalue weighted by Crippen LogP contribution is -2.15. The molecule has 0 aromatic heterocycles. The highest BCUT2D eigenvalue weighted by Gasteiger charge is 2.07. The van der Waals surface area contributed by atoms with Gasteiger partial charge in [-0.15, -0.1) is 0 Å². The van der Waals surface area contributed by atoms with Gasteiger partial charge in [-0.25, -0.2) is 0 Å². The maximum atomic E-state index is 9.52. The van der Waals surface area contributed by atoms with Gasteiger partial charge in [-0.1, -0.05) is 30.3 Å². The van der Waals surface area contributed by atoms with Gasteiger partial charge < -0.3 is 14.9 Å². The van der Waals surface area contributed by atoms with Gasteiger partial charge in [0.05, 0.1) is 18.8 Å². The fourth-order valence-corrected chi connectivity index (χ4v) is 1.70. The molecule has 2 N–H and O–H groups in total. The standard InChI is InChI=1S/C14H22O3/c1-12(15)10-14(16)8-5-9-17-11-13-6-3-2-4-7-13/h2-4,6-7,12,14-16H,5,8-11H2,1H3. The SMILES string of the molecule is CC(O)CC(O)CCCOCc1ccccc1. The first-order valence-corrected chi connectivity index (χ1v) is 6.16. The van der Waals surface area contributed by atoms with Crippen LogP contribution in [0.3, 0.4) is 0 Å². The van der Waals surface area contributed by atoms with E-state index in [0.29, 0.717) is 26.1 Å². The Morgan fingerprint density at radius 1 is 1.18 bits per heavy atom. The Kier molecular flexibility index (Phi) is 6.86. The van der Waals surface area contributed by atoms with Gasteiger partial charge in [0.1, 0.15) is 0 Å². The van der Waals surface area contributed by atoms with Crippen molar-refractivity contribution in [3.8, 4) is 0 Å². The molecule has 2 atom stereocenters. The van der Waals surface area contributed by atoms with Gasteiger partial charge in [-0.3, -0.25) is 0 Å². The number of hydrogen-bond acceptors (Lipinski definition) is 3. The quantitative estimate of drug-likeness (QED) is 0.682. The Morgan fingerprint density at radius 3 is 2.53 bits per heavy atom. The Morgan fingerprint density at radius 2 is 1.88 bits per heavy atom. The van der Waals surface area contributed by atoms with Crippen LogP contribution in [0.1, 0.15) is 31.7 Å². The molecule has 0 aliphatic carbocycles. The highest BCUT2D eigenvalue weighted by atomic mass is 16.5. The molecule has 0 fully saturated rings. The molecule has 17 heavy (non-hydrogen) atoms. The molecule has 0 aliphatic heterocycles. The smallest absolute Gasteiger partial charge is 0.0716 e. The summed E-state index contributed by atoms with van der Waals surface area (Å²) in [6.07, 6.45) is 1.09. The second-order valence-electron chi connectivity index (χ2n) is 4.42. The van der Waals surface area contributed by atoms with E-state index in [4.69, 9.17) is 9.84 Å². The van der Waals surface area contributed by atoms with Gasteiger partial charge in [-0.05, 0) is 31.7 Å². The van der Waals surface area contributed by atoms with Crippen LogP contribution in [0.25, 0.3) is 0 Å². The van der Waals surface area contributed by atoms with Crippen LogP contribution in [0.2, 0.25) is 0 Å². The summed E-state index contributed by atoms with van der Waals surface area (Å²) in [6.45, 7) is 2.95. The van der Waals surface area contributed by atoms with E-state index in [-0.39, 0.29) is 0 Å². The van der Waals surface area contributed by atoms with Crippen LogP contribution < -0.4 is 0 Å². The van der Waals surface area contributed by atoms with Crippen molar-refractivity contribution < 1.29 is 14.9 Å². The van der Waals surface area contributed by atoms with Crippen molar-refractivity contribution in [2.24, 2.45) is 0 Å². The molecule has 1 aromatic rings. The minimum absolute atomic E-state index is 0.421. The van der Waals surface area contributed by atoms with Crippen molar-refractivity contribution in [1.82, 2.24) is 0 Å². The van der Waals surface area contributed by atoms with Crippen LogP contribution in [0, 0.1) is 0 Å². The highest BCUT2D eigenvalue weighted by molar-refractivity contribution is 5.13. The predicted molar refractivity (Wildman–Crippen MR) is 67.6 cm³/mol. The number of hydrogen-bond donors (Lipinski definition) is 2. The summed E-state index contributed by atoms with van der Waals surface area (Å²) in [4.78, 5) is 0. The lowest BCUT2D eigenvalue weighted by atomic mass is 10.1. The molecule has 96 valence electrons. The molecule has 2 unspecified atom stereocenters. The molecule has 0 heterocycles. The van der Waals surface area contributed by atoms with Crippen LogP contribution in [0.5, 0.6) is 0 Å². The Bertz CT molecular complexity index is 285. The van der Waals surface area contributed by atoms with Crippen LogP contribution in [-0.2, 0) is 11.3 Å². The van der Waals surface area contributed by atoms with Crippen molar-refractivity contribution in [2.75, 3.05) is 6.61 Å². The molecule has 0 amide bonds. The maximum absolute atomic E-state index is 9.52. The fourth-order valence-electron chi connectivity index (χ4n) is 1.70. The molecule has 0 saturated heterocycles. The van der Waals surface area contributed by atoms with Crippen molar-refractivity contribution in [1.29, 1.82) is 0 Å². The molecule has 0 radical (unpaired) electrons. The molecule has 3 heteroatoms. The number of aliphatic hydroxyl groups is 2. The first-order valence-electron chi connectivity index (χ1n) is 6.16. The zero-order chi connectivity index (χ0) is 12.5. The third kappa shape index (κ3) is 7.10. The van der Waals surface area contributed by atoms with E-state index in [1.165, 1.54) is 0 Å². The molecule has 1 rings (SSSR count). The molecule has 0 spiro atoms. The molecule has 0 aliphatic rings. The zero-order valence-electron chi connectivity index (χ0n) is 10.4. The highest BCUT2D eigenvalue weighted by Crippen LogP contribution is 2.06. The van der Waals surface area contributed by atoms with Crippen molar-refractivity contribution in [3.63, 3.8) is 0 Å². The molecule has 0 bridgehead atoms. The first kappa shape index (κ1) is 14.2. The number of benzene rings is 1. The van der Waals surface area contributed by atoms with Crippen molar-refractivity contribution in [2.45, 2.75) is 45.0 Å². The van der Waals surface area contributed by atoms with Gasteiger partial charge in [0.25, 0.3) is 0 Å². The third-order valence-electron chi connectivity index (χ3n) is 2.55. The molecular weight excluding hydrogens is 216 g/mol. The second-order valence-corrected chi connectivity index (χ2v) is 4.42. The topological polar surface area (TPSA) is 49.7 Å². The predicted octanol–water partition coefficient (Wildman–Crippen LogP) is 2.12. The molecule has 1 aromatic carbocycles. The van der Waals surface area contributed by atoms with Crippen molar-refractivity contribution in [3.05, 3.63) is 35.9 Å². The van der Waals surface area contributed by atoms with E-state index >= 15 is 0 Å². The number of aliphatic hydroxyl groups excluding tert-OH is 2. The summed E-state index contributed by atoms with van der Waals surface area (Å²) in [6, 6.07) is 10.0. The normalized spacial score (nSPS) is 14.5. The lowest BCUT2D eigenvalue weighted by molar-refractivity contribution is 0.0672. The van der Waals surface area contributed by atoms with Gasteiger partial charge >= 0.3 is 0 Å². The van der Waals surface area contributed by atoms with Crippen LogP contribution >= 0.6 is 0 Å². The summed E-state index contributed by atoms with van der Waals surface area (Å²) in [5.41, 5.74) is 1.16. The van der Waals surface area contributed by atoms with Crippen LogP contribution in [-0.4, -0.2) is 29.0 Å². The van der Waals surface area contributed by atoms with Gasteiger partial charge in [-0.2, -0.15) is 0 Å². The van der Waals surface area contributed by atoms with Gasteiger partial charge in [0, 0.05) is 6.61 Å². The summed E-state index contributed by atoms with van der Waals surface area (Å²) in [7, 11) is 0. The Hall–Kier alpha value is -0.900. The molecular formula is C14H22O3. The summed E-state index contributed by atoms with van der Waals surface area (Å²) < 4.78 is 5.50. The summed E-state index contributed by atoms with van der Waals surface area (Å²) >= 11 is 0. The Labute approximate surface area is 103 Å². The number of rotatable bonds is 8. The van der Waals surface area contributed by atoms with E-state index in [1.807, 2.05) is 30.3 Å². The minimum atomic E-state index is -0.435. The monoisotopic (exact) mass is 238 g/mol. The second kappa shape index (κ2) is 8.23. The van der Waals surface area contributed by atoms with E-state index in [9.17, 15) is 5.11 Å². The molecule has 3 nitrogen and oxygen atoms in total. The summed E-state index contributed by atoms with van der Waals surface area (Å²) in [5.74, 6) is 0. The number of ether oxygens (including phenoxy) is 1. The van der Waals surface area contributed by atoms with Gasteiger partial charge in [0.15, 0.2) is 0 Å². The van der Waals surface area contributed by atoms with Gasteiger partial charge in [0.2, 0.25) is 0 Å².